The topological polar surface area (TPSA) is 74.6 Å². The molecule has 2 N–H and O–H groups in total. The zero-order chi connectivity index (χ0) is 22.8. The molecule has 2 aliphatic rings. The third-order valence-electron chi connectivity index (χ3n) is 3.81. The first-order valence-electron chi connectivity index (χ1n) is 9.58. The predicted octanol–water partition coefficient (Wildman–Crippen LogP) is 5.29. The summed E-state index contributed by atoms with van der Waals surface area (Å²) in [6.45, 7) is 3.20. The number of benzene rings is 2. The van der Waals surface area contributed by atoms with Crippen molar-refractivity contribution >= 4 is 16.8 Å². The molecule has 30 heavy (non-hydrogen) atoms. The number of rotatable bonds is 2. The van der Waals surface area contributed by atoms with Crippen LogP contribution in [0.1, 0.15) is 44.2 Å². The zero-order valence-corrected chi connectivity index (χ0v) is 19.1. The van der Waals surface area contributed by atoms with Gasteiger partial charge in [-0.3, -0.25) is 15.7 Å². The molecule has 0 atom stereocenters. The van der Waals surface area contributed by atoms with Gasteiger partial charge in [-0.1, -0.05) is 49.2 Å². The molecule has 2 aliphatic carbocycles. The van der Waals surface area contributed by atoms with Gasteiger partial charge in [0.2, 0.25) is 0 Å². The van der Waals surface area contributed by atoms with E-state index < -0.39 is 11.9 Å². The molecule has 0 unspecified atom stereocenters. The number of hydrogen-bond donors (Lipinski definition) is 2. The molecule has 0 saturated heterocycles. The molecule has 156 valence electrons. The fourth-order valence-corrected chi connectivity index (χ4v) is 2.34. The van der Waals surface area contributed by atoms with Gasteiger partial charge < -0.3 is 10.2 Å². The number of carboxylic acid groups (broad SMARTS) is 2. The van der Waals surface area contributed by atoms with Crippen LogP contribution in [-0.4, -0.2) is 27.0 Å². The summed E-state index contributed by atoms with van der Waals surface area (Å²) in [4.78, 5) is 22.0. The summed E-state index contributed by atoms with van der Waals surface area (Å²) in [5.41, 5.74) is 5.51. The quantitative estimate of drug-likeness (QED) is 0.420. The first-order valence-corrected chi connectivity index (χ1v) is 10.7. The van der Waals surface area contributed by atoms with Crippen LogP contribution in [-0.2, 0) is 36.0 Å². The standard InChI is InChI=1S/C13H9.C5H5.2C3H6O2.CH2.Ti/c1-3-7-12-10(5-1)9-11-6-2-4-8-13(11)12;1-2-4-5-3-1;2*1-2-3(4)5;;/h1-5,7-8H,9H2;1-3H,4H2;2*2H2,1H3,(H,4,5);1H2;/q2*-1;;;;+2. The van der Waals surface area contributed by atoms with Crippen LogP contribution >= 0.6 is 0 Å². The van der Waals surface area contributed by atoms with Crippen molar-refractivity contribution in [3.8, 4) is 11.1 Å². The predicted molar refractivity (Wildman–Crippen MR) is 118 cm³/mol. The summed E-state index contributed by atoms with van der Waals surface area (Å²) < 4.78 is 0. The van der Waals surface area contributed by atoms with Crippen molar-refractivity contribution in [3.05, 3.63) is 84.0 Å². The van der Waals surface area contributed by atoms with Gasteiger partial charge in [0.05, 0.1) is 0 Å². The van der Waals surface area contributed by atoms with Crippen molar-refractivity contribution in [2.45, 2.75) is 39.5 Å². The first kappa shape index (κ1) is 27.4. The summed E-state index contributed by atoms with van der Waals surface area (Å²) in [6, 6.07) is 18.1. The molecule has 0 saturated carbocycles. The third kappa shape index (κ3) is 11.4. The Bertz CT molecular complexity index is 773. The maximum atomic E-state index is 9.37. The van der Waals surface area contributed by atoms with Gasteiger partial charge in [-0.15, -0.1) is 12.0 Å². The minimum atomic E-state index is -0.745. The average molecular weight is 440 g/mol. The van der Waals surface area contributed by atoms with E-state index in [0.717, 1.165) is 12.8 Å². The van der Waals surface area contributed by atoms with Gasteiger partial charge in [0.1, 0.15) is 0 Å². The van der Waals surface area contributed by atoms with E-state index >= 15 is 0 Å². The Morgan fingerprint density at radius 2 is 1.57 bits per heavy atom. The van der Waals surface area contributed by atoms with E-state index in [1.165, 1.54) is 22.3 Å². The monoisotopic (exact) mass is 440 g/mol. The van der Waals surface area contributed by atoms with Gasteiger partial charge in [0.15, 0.2) is 0 Å². The summed E-state index contributed by atoms with van der Waals surface area (Å²) >= 11 is 1.75. The molecule has 0 aromatic heterocycles. The number of carbonyl (C=O) groups is 2. The second kappa shape index (κ2) is 17.3. The van der Waals surface area contributed by atoms with Gasteiger partial charge in [-0.25, -0.2) is 12.2 Å². The van der Waals surface area contributed by atoms with E-state index in [2.05, 4.69) is 59.4 Å². The van der Waals surface area contributed by atoms with Crippen molar-refractivity contribution in [2.24, 2.45) is 0 Å². The molecule has 2 aromatic rings. The Morgan fingerprint density at radius 3 is 2.03 bits per heavy atom. The van der Waals surface area contributed by atoms with Crippen molar-refractivity contribution in [2.75, 3.05) is 0 Å². The van der Waals surface area contributed by atoms with Crippen LogP contribution in [0.5, 0.6) is 0 Å². The van der Waals surface area contributed by atoms with Crippen molar-refractivity contribution in [3.63, 3.8) is 0 Å². The number of allylic oxidation sites excluding steroid dienone is 4. The summed E-state index contributed by atoms with van der Waals surface area (Å²) in [5.74, 6) is -1.49. The second-order valence-corrected chi connectivity index (χ2v) is 5.89. The molecule has 0 bridgehead atoms. The Labute approximate surface area is 190 Å². The van der Waals surface area contributed by atoms with Gasteiger partial charge in [0.25, 0.3) is 0 Å². The molecular weight excluding hydrogens is 412 g/mol. The van der Waals surface area contributed by atoms with Crippen LogP contribution in [0.15, 0.2) is 60.7 Å². The summed E-state index contributed by atoms with van der Waals surface area (Å²) in [7, 11) is 0. The first-order chi connectivity index (χ1) is 14.5. The second-order valence-electron chi connectivity index (χ2n) is 5.89. The smallest absolute Gasteiger partial charge is 0.0253 e. The van der Waals surface area contributed by atoms with Crippen LogP contribution < -0.4 is 0 Å². The van der Waals surface area contributed by atoms with Crippen molar-refractivity contribution in [1.82, 2.24) is 0 Å². The Hall–Kier alpha value is -2.56. The Balaban J connectivity index is 0.000000417. The average Bonchev–Trinajstić information content (AvgIpc) is 3.47. The van der Waals surface area contributed by atoms with E-state index in [0.29, 0.717) is 0 Å². The van der Waals surface area contributed by atoms with Gasteiger partial charge in [-0.05, 0) is 6.42 Å². The largest absolute Gasteiger partial charge is 0.179 e. The molecule has 0 aliphatic heterocycles. The maximum Gasteiger partial charge on any atom is -0.0253 e. The molecular formula is C25H28O4Ti. The van der Waals surface area contributed by atoms with Crippen LogP contribution in [0.3, 0.4) is 0 Å². The molecule has 0 amide bonds. The van der Waals surface area contributed by atoms with Gasteiger partial charge >= 0.3 is 36.7 Å². The van der Waals surface area contributed by atoms with E-state index in [1.54, 1.807) is 33.8 Å². The third-order valence-corrected chi connectivity index (χ3v) is 3.81. The van der Waals surface area contributed by atoms with E-state index in [4.69, 9.17) is 10.2 Å². The Kier molecular flexibility index (Phi) is 15.8. The van der Waals surface area contributed by atoms with Crippen molar-refractivity contribution in [1.29, 1.82) is 0 Å². The number of aliphatic carboxylic acids is 2. The molecule has 0 heterocycles. The Morgan fingerprint density at radius 1 is 1.00 bits per heavy atom. The molecule has 2 aromatic carbocycles. The molecule has 0 fully saturated rings. The van der Waals surface area contributed by atoms with Crippen LogP contribution in [0, 0.1) is 12.1 Å². The summed E-state index contributed by atoms with van der Waals surface area (Å²) in [5, 5.41) is 15.4. The number of fused-ring (bicyclic) bond motifs is 3. The molecule has 4 nitrogen and oxygen atoms in total. The van der Waals surface area contributed by atoms with Crippen LogP contribution in [0.25, 0.3) is 11.1 Å². The fourth-order valence-electron chi connectivity index (χ4n) is 2.34. The van der Waals surface area contributed by atoms with Gasteiger partial charge in [0, 0.05) is 12.8 Å². The van der Waals surface area contributed by atoms with Gasteiger partial charge in [-0.2, -0.15) is 35.9 Å². The van der Waals surface area contributed by atoms with Crippen LogP contribution in [0.4, 0.5) is 0 Å². The minimum Gasteiger partial charge on any atom is -0.179 e. The van der Waals surface area contributed by atoms with E-state index in [-0.39, 0.29) is 12.8 Å². The fraction of sp³-hybridized carbons (Fsp3) is 0.240. The molecule has 0 spiro atoms. The molecule has 5 heteroatoms. The maximum absolute atomic E-state index is 9.37. The number of carboxylic acids is 2. The zero-order valence-electron chi connectivity index (χ0n) is 17.5. The number of hydrogen-bond acceptors (Lipinski definition) is 2. The molecule has 0 radical (unpaired) electrons. The molecule has 4 rings (SSSR count). The SMILES string of the molecule is CCC(=O)O.CCC(=O)O.[C-]1=CC=CC1.[CH2]=[Ti+2].[c-]1cccc2c1Cc1ccccc1-2. The minimum absolute atomic E-state index is 0.222. The van der Waals surface area contributed by atoms with Crippen LogP contribution in [0.2, 0.25) is 0 Å². The normalized spacial score (nSPS) is 10.9. The van der Waals surface area contributed by atoms with E-state index in [9.17, 15) is 9.59 Å². The van der Waals surface area contributed by atoms with Crippen molar-refractivity contribution < 1.29 is 39.8 Å². The summed E-state index contributed by atoms with van der Waals surface area (Å²) in [6.07, 6.45) is 11.5. The van der Waals surface area contributed by atoms with E-state index in [1.807, 2.05) is 18.2 Å².